The van der Waals surface area contributed by atoms with E-state index in [9.17, 15) is 19.2 Å². The van der Waals surface area contributed by atoms with Gasteiger partial charge >= 0.3 is 48.5 Å². The zero-order valence-electron chi connectivity index (χ0n) is 31.9. The van der Waals surface area contributed by atoms with Gasteiger partial charge in [0.1, 0.15) is 0 Å². The summed E-state index contributed by atoms with van der Waals surface area (Å²) in [6, 6.07) is 0. The Morgan fingerprint density at radius 2 is 0.700 bits per heavy atom. The highest BCUT2D eigenvalue weighted by Crippen LogP contribution is 2.04. The van der Waals surface area contributed by atoms with E-state index >= 15 is 0 Å². The SMILES string of the molecule is CCC(C)C(=O)OC.CCCCOC(=O)C(C)CC.CCCOC(=O)C(C)CC.CCOC(=O)C(C)CC.O=C=O.O=C=O.O=C=O.O=C=O. The van der Waals surface area contributed by atoms with Gasteiger partial charge in [-0.1, -0.05) is 75.7 Å². The Balaban J connectivity index is -0.0000000709. The highest BCUT2D eigenvalue weighted by Gasteiger charge is 2.11. The molecule has 0 radical (unpaired) electrons. The van der Waals surface area contributed by atoms with Gasteiger partial charge in [-0.25, -0.2) is 0 Å². The van der Waals surface area contributed by atoms with Gasteiger partial charge in [-0.15, -0.1) is 0 Å². The van der Waals surface area contributed by atoms with E-state index in [-0.39, 0.29) is 72.2 Å². The van der Waals surface area contributed by atoms with Crippen LogP contribution in [0.4, 0.5) is 0 Å². The maximum atomic E-state index is 11.0. The third-order valence-corrected chi connectivity index (χ3v) is 5.74. The molecular weight excluding hydrogens is 664 g/mol. The first-order valence-electron chi connectivity index (χ1n) is 16.1. The molecule has 0 saturated carbocycles. The molecule has 0 bridgehead atoms. The van der Waals surface area contributed by atoms with E-state index in [1.54, 1.807) is 0 Å². The Kier molecular flexibility index (Phi) is 76.5. The molecule has 4 atom stereocenters. The molecule has 0 aromatic rings. The fourth-order valence-electron chi connectivity index (χ4n) is 1.96. The first-order chi connectivity index (χ1) is 23.5. The first kappa shape index (κ1) is 64.0. The quantitative estimate of drug-likeness (QED) is 0.132. The molecule has 0 aliphatic carbocycles. The number of carbonyl (C=O) groups excluding carboxylic acids is 12. The summed E-state index contributed by atoms with van der Waals surface area (Å²) in [5, 5.41) is 0. The molecule has 0 spiro atoms. The van der Waals surface area contributed by atoms with Crippen molar-refractivity contribution in [2.75, 3.05) is 26.9 Å². The molecule has 0 amide bonds. The van der Waals surface area contributed by atoms with E-state index < -0.39 is 0 Å². The number of methoxy groups -OCH3 is 1. The smallest absolute Gasteiger partial charge is 0.373 e. The number of hydrogen-bond donors (Lipinski definition) is 0. The molecule has 0 aliphatic rings. The van der Waals surface area contributed by atoms with Crippen LogP contribution in [0.15, 0.2) is 0 Å². The van der Waals surface area contributed by atoms with Crippen LogP contribution < -0.4 is 0 Å². The maximum Gasteiger partial charge on any atom is 0.373 e. The number of ether oxygens (including phenoxy) is 4. The van der Waals surface area contributed by atoms with Crippen LogP contribution in [0.2, 0.25) is 0 Å². The minimum absolute atomic E-state index is 0.0547. The van der Waals surface area contributed by atoms with Crippen molar-refractivity contribution in [2.24, 2.45) is 23.7 Å². The van der Waals surface area contributed by atoms with Crippen LogP contribution >= 0.6 is 0 Å². The standard InChI is InChI=1S/C9H18O2.C8H16O2.C7H14O2.C6H12O2.4CO2/c1-4-6-7-11-9(10)8(3)5-2;1-4-6-10-8(9)7(3)5-2;1-4-6(3)7(8)9-5-2;1-4-5(2)6(7)8-3;4*2-1-3/h8H,4-7H2,1-3H3;7H,4-6H2,1-3H3;6H,4-5H2,1-3H3;5H,4H2,1-3H3;;;;. The van der Waals surface area contributed by atoms with E-state index in [4.69, 9.17) is 52.6 Å². The fourth-order valence-corrected chi connectivity index (χ4v) is 1.96. The lowest BCUT2D eigenvalue weighted by Crippen LogP contribution is -2.14. The van der Waals surface area contributed by atoms with Crippen molar-refractivity contribution in [3.05, 3.63) is 0 Å². The van der Waals surface area contributed by atoms with Crippen LogP contribution in [-0.4, -0.2) is 75.4 Å². The summed E-state index contributed by atoms with van der Waals surface area (Å²) in [6.45, 7) is 22.9. The summed E-state index contributed by atoms with van der Waals surface area (Å²) in [5.74, 6) is -0.0823. The lowest BCUT2D eigenvalue weighted by atomic mass is 10.1. The van der Waals surface area contributed by atoms with Crippen LogP contribution in [0.3, 0.4) is 0 Å². The molecule has 0 saturated heterocycles. The van der Waals surface area contributed by atoms with Gasteiger partial charge < -0.3 is 18.9 Å². The molecular formula is C34H60O16. The normalized spacial score (nSPS) is 10.3. The molecule has 16 nitrogen and oxygen atoms in total. The number of carbonyl (C=O) groups is 4. The molecule has 50 heavy (non-hydrogen) atoms. The zero-order valence-corrected chi connectivity index (χ0v) is 31.9. The van der Waals surface area contributed by atoms with Gasteiger partial charge in [0, 0.05) is 0 Å². The van der Waals surface area contributed by atoms with E-state index in [1.807, 2.05) is 69.2 Å². The molecule has 4 unspecified atom stereocenters. The number of esters is 4. The predicted octanol–water partition coefficient (Wildman–Crippen LogP) is 4.83. The molecule has 0 aromatic heterocycles. The van der Waals surface area contributed by atoms with Crippen molar-refractivity contribution in [1.82, 2.24) is 0 Å². The second-order valence-corrected chi connectivity index (χ2v) is 9.53. The molecule has 0 aliphatic heterocycles. The second-order valence-electron chi connectivity index (χ2n) is 9.53. The number of hydrogen-bond acceptors (Lipinski definition) is 16. The van der Waals surface area contributed by atoms with Crippen molar-refractivity contribution in [2.45, 2.75) is 121 Å². The lowest BCUT2D eigenvalue weighted by molar-refractivity contribution is -0.193. The first-order valence-corrected chi connectivity index (χ1v) is 16.1. The molecule has 0 fully saturated rings. The van der Waals surface area contributed by atoms with Gasteiger partial charge in [-0.05, 0) is 45.4 Å². The van der Waals surface area contributed by atoms with Crippen LogP contribution in [0.5, 0.6) is 0 Å². The molecule has 0 heterocycles. The fraction of sp³-hybridized carbons (Fsp3) is 0.765. The van der Waals surface area contributed by atoms with E-state index in [0.29, 0.717) is 19.8 Å². The van der Waals surface area contributed by atoms with Gasteiger partial charge in [0.15, 0.2) is 0 Å². The number of rotatable bonds is 14. The lowest BCUT2D eigenvalue weighted by Gasteiger charge is -2.07. The topological polar surface area (TPSA) is 242 Å². The monoisotopic (exact) mass is 724 g/mol. The number of unbranched alkanes of at least 4 members (excludes halogenated alkanes) is 1. The highest BCUT2D eigenvalue weighted by atomic mass is 16.5. The summed E-state index contributed by atoms with van der Waals surface area (Å²) < 4.78 is 19.1. The third kappa shape index (κ3) is 69.9. The Morgan fingerprint density at radius 1 is 0.440 bits per heavy atom. The zero-order chi connectivity index (χ0) is 41.3. The van der Waals surface area contributed by atoms with Crippen LogP contribution in [-0.2, 0) is 76.5 Å². The minimum atomic E-state index is -0.118. The van der Waals surface area contributed by atoms with Crippen LogP contribution in [0.25, 0.3) is 0 Å². The highest BCUT2D eigenvalue weighted by molar-refractivity contribution is 5.72. The van der Waals surface area contributed by atoms with Crippen molar-refractivity contribution < 1.29 is 76.5 Å². The maximum absolute atomic E-state index is 11.0. The van der Waals surface area contributed by atoms with Crippen molar-refractivity contribution in [3.8, 4) is 0 Å². The Hall–Kier alpha value is -4.60. The van der Waals surface area contributed by atoms with Gasteiger partial charge in [-0.3, -0.25) is 19.2 Å². The third-order valence-electron chi connectivity index (χ3n) is 5.74. The summed E-state index contributed by atoms with van der Waals surface area (Å²) >= 11 is 0. The molecule has 292 valence electrons. The van der Waals surface area contributed by atoms with Crippen molar-refractivity contribution in [3.63, 3.8) is 0 Å². The summed E-state index contributed by atoms with van der Waals surface area (Å²) in [6.07, 6.45) is 7.40. The van der Waals surface area contributed by atoms with Crippen LogP contribution in [0.1, 0.15) is 121 Å². The van der Waals surface area contributed by atoms with Gasteiger partial charge in [0.25, 0.3) is 0 Å². The average Bonchev–Trinajstić information content (AvgIpc) is 3.11. The van der Waals surface area contributed by atoms with Gasteiger partial charge in [0.2, 0.25) is 0 Å². The van der Waals surface area contributed by atoms with E-state index in [1.165, 1.54) is 7.11 Å². The Bertz CT molecular complexity index is 860. The molecule has 0 N–H and O–H groups in total. The largest absolute Gasteiger partial charge is 0.469 e. The van der Waals surface area contributed by atoms with Crippen LogP contribution in [0, 0.1) is 23.7 Å². The predicted molar refractivity (Wildman–Crippen MR) is 174 cm³/mol. The van der Waals surface area contributed by atoms with E-state index in [0.717, 1.165) is 44.9 Å². The van der Waals surface area contributed by atoms with Crippen molar-refractivity contribution >= 4 is 48.5 Å². The summed E-state index contributed by atoms with van der Waals surface area (Å²) in [4.78, 5) is 108. The Morgan fingerprint density at radius 3 is 0.900 bits per heavy atom. The van der Waals surface area contributed by atoms with E-state index in [2.05, 4.69) is 11.7 Å². The Labute approximate surface area is 296 Å². The van der Waals surface area contributed by atoms with Crippen molar-refractivity contribution in [1.29, 1.82) is 0 Å². The van der Waals surface area contributed by atoms with Gasteiger partial charge in [0.05, 0.1) is 50.6 Å². The summed E-state index contributed by atoms with van der Waals surface area (Å²) in [7, 11) is 1.41. The second kappa shape index (κ2) is 59.8. The molecule has 0 rings (SSSR count). The molecule has 0 aromatic carbocycles. The average molecular weight is 725 g/mol. The summed E-state index contributed by atoms with van der Waals surface area (Å²) in [5.41, 5.74) is 0. The van der Waals surface area contributed by atoms with Gasteiger partial charge in [-0.2, -0.15) is 38.4 Å². The molecule has 16 heteroatoms. The minimum Gasteiger partial charge on any atom is -0.469 e.